The highest BCUT2D eigenvalue weighted by atomic mass is 19.1. The zero-order valence-electron chi connectivity index (χ0n) is 13.6. The molecule has 4 heteroatoms. The first kappa shape index (κ1) is 17.4. The van der Waals surface area contributed by atoms with Crippen LogP contribution in [0.15, 0.2) is 0 Å². The van der Waals surface area contributed by atoms with Gasteiger partial charge in [-0.3, -0.25) is 4.79 Å². The van der Waals surface area contributed by atoms with Crippen LogP contribution in [-0.2, 0) is 9.53 Å². The number of rotatable bonds is 6. The second-order valence-corrected chi connectivity index (χ2v) is 6.30. The second kappa shape index (κ2) is 7.96. The molecule has 0 radical (unpaired) electrons. The van der Waals surface area contributed by atoms with Gasteiger partial charge in [0.15, 0.2) is 0 Å². The fourth-order valence-corrected chi connectivity index (χ4v) is 3.12. The normalized spacial score (nSPS) is 29.8. The molecule has 0 bridgehead atoms. The van der Waals surface area contributed by atoms with E-state index in [1.807, 2.05) is 6.92 Å². The van der Waals surface area contributed by atoms with Gasteiger partial charge in [0.1, 0.15) is 6.17 Å². The molecule has 0 aromatic heterocycles. The first-order chi connectivity index (χ1) is 9.35. The van der Waals surface area contributed by atoms with Gasteiger partial charge in [-0.05, 0) is 52.9 Å². The quantitative estimate of drug-likeness (QED) is 0.747. The molecule has 118 valence electrons. The van der Waals surface area contributed by atoms with Crippen LogP contribution in [-0.4, -0.2) is 41.8 Å². The Morgan fingerprint density at radius 1 is 1.30 bits per heavy atom. The maximum atomic E-state index is 13.5. The Kier molecular flexibility index (Phi) is 6.93. The molecule has 1 saturated heterocycles. The van der Waals surface area contributed by atoms with Gasteiger partial charge in [0, 0.05) is 13.0 Å². The monoisotopic (exact) mass is 287 g/mol. The Balaban J connectivity index is 2.61. The first-order valence-corrected chi connectivity index (χ1v) is 7.94. The fourth-order valence-electron chi connectivity index (χ4n) is 3.12. The number of amides is 1. The number of carbonyl (C=O) groups is 1. The molecule has 0 aromatic carbocycles. The highest BCUT2D eigenvalue weighted by molar-refractivity contribution is 5.76. The molecule has 1 aliphatic rings. The van der Waals surface area contributed by atoms with Gasteiger partial charge < -0.3 is 9.64 Å². The van der Waals surface area contributed by atoms with E-state index in [2.05, 4.69) is 13.8 Å². The molecule has 0 aliphatic carbocycles. The molecule has 4 unspecified atom stereocenters. The summed E-state index contributed by atoms with van der Waals surface area (Å²) >= 11 is 0. The number of hydrogen-bond donors (Lipinski definition) is 0. The lowest BCUT2D eigenvalue weighted by Gasteiger charge is -2.35. The van der Waals surface area contributed by atoms with Gasteiger partial charge in [0.25, 0.3) is 0 Å². The van der Waals surface area contributed by atoms with E-state index < -0.39 is 6.17 Å². The average molecular weight is 287 g/mol. The molecular weight excluding hydrogens is 257 g/mol. The average Bonchev–Trinajstić information content (AvgIpc) is 2.33. The summed E-state index contributed by atoms with van der Waals surface area (Å²) in [7, 11) is 0. The third-order valence-electron chi connectivity index (χ3n) is 4.20. The van der Waals surface area contributed by atoms with E-state index in [1.54, 1.807) is 11.8 Å². The van der Waals surface area contributed by atoms with Crippen LogP contribution in [0, 0.1) is 5.92 Å². The fraction of sp³-hybridized carbons (Fsp3) is 0.938. The van der Waals surface area contributed by atoms with Gasteiger partial charge in [-0.2, -0.15) is 0 Å². The van der Waals surface area contributed by atoms with Crippen molar-refractivity contribution < 1.29 is 13.9 Å². The lowest BCUT2D eigenvalue weighted by atomic mass is 9.89. The Hall–Kier alpha value is -0.640. The molecule has 1 fully saturated rings. The van der Waals surface area contributed by atoms with Crippen molar-refractivity contribution >= 4 is 5.91 Å². The number of halogens is 1. The minimum atomic E-state index is -0.988. The molecule has 0 spiro atoms. The third kappa shape index (κ3) is 5.04. The minimum Gasteiger partial charge on any atom is -0.376 e. The van der Waals surface area contributed by atoms with Crippen LogP contribution in [0.2, 0.25) is 0 Å². The summed E-state index contributed by atoms with van der Waals surface area (Å²) < 4.78 is 19.2. The van der Waals surface area contributed by atoms with Crippen molar-refractivity contribution in [2.45, 2.75) is 84.7 Å². The van der Waals surface area contributed by atoms with Crippen LogP contribution >= 0.6 is 0 Å². The summed E-state index contributed by atoms with van der Waals surface area (Å²) in [6.07, 6.45) is 2.68. The summed E-state index contributed by atoms with van der Waals surface area (Å²) in [6.45, 7) is 10.1. The summed E-state index contributed by atoms with van der Waals surface area (Å²) in [5.74, 6) is 0.456. The van der Waals surface area contributed by atoms with E-state index >= 15 is 0 Å². The molecule has 0 N–H and O–H groups in total. The predicted molar refractivity (Wildman–Crippen MR) is 79.4 cm³/mol. The van der Waals surface area contributed by atoms with Gasteiger partial charge in [0.2, 0.25) is 5.91 Å². The zero-order chi connectivity index (χ0) is 15.3. The molecule has 1 rings (SSSR count). The van der Waals surface area contributed by atoms with Crippen LogP contribution in [0.25, 0.3) is 0 Å². The molecule has 20 heavy (non-hydrogen) atoms. The van der Waals surface area contributed by atoms with E-state index in [0.29, 0.717) is 18.9 Å². The van der Waals surface area contributed by atoms with E-state index in [0.717, 1.165) is 19.3 Å². The van der Waals surface area contributed by atoms with Crippen LogP contribution < -0.4 is 0 Å². The second-order valence-electron chi connectivity index (χ2n) is 6.30. The summed E-state index contributed by atoms with van der Waals surface area (Å²) in [4.78, 5) is 14.2. The Morgan fingerprint density at radius 2 is 1.85 bits per heavy atom. The van der Waals surface area contributed by atoms with Gasteiger partial charge in [-0.1, -0.05) is 6.92 Å². The standard InChI is InChI=1S/C16H30FNO2/c1-6-7-18(14(5)13(4)17)16(19)10-15-8-11(2)20-12(3)9-15/h11-15H,6-10H2,1-5H3. The first-order valence-electron chi connectivity index (χ1n) is 7.94. The van der Waals surface area contributed by atoms with Gasteiger partial charge >= 0.3 is 0 Å². The third-order valence-corrected chi connectivity index (χ3v) is 4.20. The van der Waals surface area contributed by atoms with Crippen LogP contribution in [0.3, 0.4) is 0 Å². The molecule has 1 amide bonds. The summed E-state index contributed by atoms with van der Waals surface area (Å²) in [6, 6.07) is -0.336. The van der Waals surface area contributed by atoms with Crippen LogP contribution in [0.1, 0.15) is 60.3 Å². The Labute approximate surface area is 122 Å². The molecular formula is C16H30FNO2. The topological polar surface area (TPSA) is 29.5 Å². The van der Waals surface area contributed by atoms with Crippen molar-refractivity contribution in [1.82, 2.24) is 4.90 Å². The maximum absolute atomic E-state index is 13.5. The summed E-state index contributed by atoms with van der Waals surface area (Å²) in [5.41, 5.74) is 0. The summed E-state index contributed by atoms with van der Waals surface area (Å²) in [5, 5.41) is 0. The highest BCUT2D eigenvalue weighted by Gasteiger charge is 2.30. The highest BCUT2D eigenvalue weighted by Crippen LogP contribution is 2.28. The van der Waals surface area contributed by atoms with Gasteiger partial charge in [-0.25, -0.2) is 4.39 Å². The number of nitrogens with zero attached hydrogens (tertiary/aromatic N) is 1. The molecule has 1 aliphatic heterocycles. The lowest BCUT2D eigenvalue weighted by Crippen LogP contribution is -2.44. The van der Waals surface area contributed by atoms with E-state index in [-0.39, 0.29) is 24.2 Å². The molecule has 4 atom stereocenters. The number of ether oxygens (including phenoxy) is 1. The molecule has 3 nitrogen and oxygen atoms in total. The SMILES string of the molecule is CCCN(C(=O)CC1CC(C)OC(C)C1)C(C)C(C)F. The lowest BCUT2D eigenvalue weighted by molar-refractivity contribution is -0.137. The molecule has 0 saturated carbocycles. The largest absolute Gasteiger partial charge is 0.376 e. The number of hydrogen-bond acceptors (Lipinski definition) is 2. The maximum Gasteiger partial charge on any atom is 0.223 e. The van der Waals surface area contributed by atoms with E-state index in [1.165, 1.54) is 6.92 Å². The van der Waals surface area contributed by atoms with E-state index in [9.17, 15) is 9.18 Å². The van der Waals surface area contributed by atoms with Crippen LogP contribution in [0.4, 0.5) is 4.39 Å². The smallest absolute Gasteiger partial charge is 0.223 e. The molecule has 1 heterocycles. The minimum absolute atomic E-state index is 0.0927. The Morgan fingerprint density at radius 3 is 2.30 bits per heavy atom. The zero-order valence-corrected chi connectivity index (χ0v) is 13.6. The number of alkyl halides is 1. The van der Waals surface area contributed by atoms with E-state index in [4.69, 9.17) is 4.74 Å². The van der Waals surface area contributed by atoms with Crippen molar-refractivity contribution in [3.63, 3.8) is 0 Å². The predicted octanol–water partition coefficient (Wildman–Crippen LogP) is 3.57. The van der Waals surface area contributed by atoms with Crippen molar-refractivity contribution in [3.05, 3.63) is 0 Å². The van der Waals surface area contributed by atoms with Gasteiger partial charge in [-0.15, -0.1) is 0 Å². The Bertz CT molecular complexity index is 299. The van der Waals surface area contributed by atoms with Crippen molar-refractivity contribution in [1.29, 1.82) is 0 Å². The number of carbonyl (C=O) groups excluding carboxylic acids is 1. The van der Waals surface area contributed by atoms with Crippen molar-refractivity contribution in [2.24, 2.45) is 5.92 Å². The van der Waals surface area contributed by atoms with Crippen LogP contribution in [0.5, 0.6) is 0 Å². The van der Waals surface area contributed by atoms with Gasteiger partial charge in [0.05, 0.1) is 18.2 Å². The van der Waals surface area contributed by atoms with Crippen molar-refractivity contribution in [3.8, 4) is 0 Å². The van der Waals surface area contributed by atoms with Crippen molar-refractivity contribution in [2.75, 3.05) is 6.54 Å². The molecule has 0 aromatic rings.